The number of aliphatic carboxylic acids is 2. The Morgan fingerprint density at radius 1 is 1.30 bits per heavy atom. The van der Waals surface area contributed by atoms with E-state index in [0.29, 0.717) is 17.4 Å². The van der Waals surface area contributed by atoms with Crippen molar-refractivity contribution in [2.24, 2.45) is 11.1 Å². The highest BCUT2D eigenvalue weighted by Crippen LogP contribution is 2.40. The van der Waals surface area contributed by atoms with E-state index in [2.05, 4.69) is 20.8 Å². The molecule has 3 N–H and O–H groups in total. The standard InChI is InChI=1S/C25H30N6O7S2/c1-13(2)26-24-27-15(12-40-24)16(29-38-25(3,4)23(36)37)19(32)28-17-20(33)31-18(22(34)35)14(11-39-21(17)31)10-30-8-6-5-7-9-30/h5-9,12-14,17-18,21H,10-11H2,1-4H3,(H3-,26,27,28,32,34,35,36,37)/b29-16-/t14?,17-,18?,21?/m1/s1. The lowest BCUT2D eigenvalue weighted by atomic mass is 9.93. The van der Waals surface area contributed by atoms with Gasteiger partial charge in [-0.3, -0.25) is 9.59 Å². The summed E-state index contributed by atoms with van der Waals surface area (Å²) in [6, 6.07) is 3.40. The minimum atomic E-state index is -1.74. The third-order valence-electron chi connectivity index (χ3n) is 6.31. The second kappa shape index (κ2) is 11.8. The number of aromatic nitrogens is 2. The van der Waals surface area contributed by atoms with Crippen LogP contribution in [0.15, 0.2) is 41.1 Å². The van der Waals surface area contributed by atoms with E-state index >= 15 is 0 Å². The molecule has 4 atom stereocenters. The molecule has 3 unspecified atom stereocenters. The van der Waals surface area contributed by atoms with E-state index in [1.807, 2.05) is 49.0 Å². The van der Waals surface area contributed by atoms with Gasteiger partial charge in [0.15, 0.2) is 29.8 Å². The SMILES string of the molecule is CC(C)Nc1nc(/C(=N/OC(C)(C)C(=O)O)C(=O)N[C@@H]2C(=O)N3C(C(=O)[O-])C(C[n+]4ccccc4)CSC23)cs1. The molecule has 0 spiro atoms. The van der Waals surface area contributed by atoms with Crippen LogP contribution in [0.3, 0.4) is 0 Å². The smallest absolute Gasteiger partial charge is 0.350 e. The van der Waals surface area contributed by atoms with E-state index in [4.69, 9.17) is 4.84 Å². The molecule has 4 heterocycles. The molecule has 0 radical (unpaired) electrons. The van der Waals surface area contributed by atoms with E-state index in [-0.39, 0.29) is 17.4 Å². The second-order valence-electron chi connectivity index (χ2n) is 10.2. The summed E-state index contributed by atoms with van der Waals surface area (Å²) < 4.78 is 1.85. The number of oxime groups is 1. The van der Waals surface area contributed by atoms with Gasteiger partial charge >= 0.3 is 5.97 Å². The Kier molecular flexibility index (Phi) is 8.63. The van der Waals surface area contributed by atoms with Crippen molar-refractivity contribution in [1.82, 2.24) is 15.2 Å². The summed E-state index contributed by atoms with van der Waals surface area (Å²) in [6.07, 6.45) is 3.64. The molecule has 2 aliphatic heterocycles. The number of carboxylic acids is 2. The van der Waals surface area contributed by atoms with Gasteiger partial charge < -0.3 is 35.4 Å². The molecule has 0 aromatic carbocycles. The summed E-state index contributed by atoms with van der Waals surface area (Å²) in [6.45, 7) is 6.76. The number of amides is 2. The average molecular weight is 591 g/mol. The molecule has 0 bridgehead atoms. The van der Waals surface area contributed by atoms with Gasteiger partial charge in [-0.05, 0) is 27.7 Å². The average Bonchev–Trinajstić information content (AvgIpc) is 3.34. The molecule has 0 aliphatic carbocycles. The first-order valence-corrected chi connectivity index (χ1v) is 14.4. The van der Waals surface area contributed by atoms with E-state index in [1.54, 1.807) is 5.38 Å². The van der Waals surface area contributed by atoms with Crippen LogP contribution in [0.1, 0.15) is 33.4 Å². The molecule has 4 rings (SSSR count). The maximum absolute atomic E-state index is 13.4. The number of anilines is 1. The minimum absolute atomic E-state index is 0.0677. The number of fused-ring (bicyclic) bond motifs is 1. The van der Waals surface area contributed by atoms with Crippen LogP contribution in [0.25, 0.3) is 0 Å². The first kappa shape index (κ1) is 29.3. The highest BCUT2D eigenvalue weighted by atomic mass is 32.2. The number of thioether (sulfide) groups is 1. The molecule has 2 saturated heterocycles. The van der Waals surface area contributed by atoms with Gasteiger partial charge in [-0.2, -0.15) is 0 Å². The van der Waals surface area contributed by atoms with Crippen LogP contribution in [-0.2, 0) is 30.6 Å². The molecular weight excluding hydrogens is 560 g/mol. The lowest BCUT2D eigenvalue weighted by molar-refractivity contribution is -0.703. The normalized spacial score (nSPS) is 22.8. The zero-order valence-corrected chi connectivity index (χ0v) is 23.9. The van der Waals surface area contributed by atoms with Crippen LogP contribution in [0, 0.1) is 5.92 Å². The number of nitrogens with one attached hydrogen (secondary N) is 2. The van der Waals surface area contributed by atoms with Crippen molar-refractivity contribution >= 4 is 57.7 Å². The van der Waals surface area contributed by atoms with Crippen molar-refractivity contribution in [2.75, 3.05) is 11.1 Å². The molecule has 2 aliphatic rings. The highest BCUT2D eigenvalue weighted by molar-refractivity contribution is 8.00. The Hall–Kier alpha value is -3.72. The zero-order valence-electron chi connectivity index (χ0n) is 22.3. The molecule has 13 nitrogen and oxygen atoms in total. The van der Waals surface area contributed by atoms with Gasteiger partial charge in [-0.1, -0.05) is 11.2 Å². The number of thiazole rings is 1. The van der Waals surface area contributed by atoms with Crippen molar-refractivity contribution in [3.63, 3.8) is 0 Å². The second-order valence-corrected chi connectivity index (χ2v) is 12.2. The first-order chi connectivity index (χ1) is 18.9. The first-order valence-electron chi connectivity index (χ1n) is 12.5. The van der Waals surface area contributed by atoms with Gasteiger partial charge in [-0.25, -0.2) is 14.3 Å². The number of carbonyl (C=O) groups excluding carboxylic acids is 3. The maximum Gasteiger partial charge on any atom is 0.350 e. The van der Waals surface area contributed by atoms with Gasteiger partial charge in [0.25, 0.3) is 5.91 Å². The summed E-state index contributed by atoms with van der Waals surface area (Å²) in [4.78, 5) is 60.9. The number of hydrogen-bond acceptors (Lipinski definition) is 11. The van der Waals surface area contributed by atoms with Gasteiger partial charge in [-0.15, -0.1) is 23.1 Å². The van der Waals surface area contributed by atoms with Crippen LogP contribution in [0.2, 0.25) is 0 Å². The molecule has 0 saturated carbocycles. The summed E-state index contributed by atoms with van der Waals surface area (Å²) in [5, 5.41) is 32.5. The largest absolute Gasteiger partial charge is 0.548 e. The van der Waals surface area contributed by atoms with E-state index in [1.165, 1.54) is 41.8 Å². The zero-order chi connectivity index (χ0) is 29.2. The van der Waals surface area contributed by atoms with Crippen molar-refractivity contribution in [2.45, 2.75) is 63.3 Å². The summed E-state index contributed by atoms with van der Waals surface area (Å²) in [5.74, 6) is -4.00. The van der Waals surface area contributed by atoms with Gasteiger partial charge in [0.1, 0.15) is 17.1 Å². The fourth-order valence-corrected chi connectivity index (χ4v) is 6.57. The van der Waals surface area contributed by atoms with Crippen LogP contribution >= 0.6 is 23.1 Å². The van der Waals surface area contributed by atoms with Crippen molar-refractivity contribution < 1.29 is 38.8 Å². The van der Waals surface area contributed by atoms with Crippen LogP contribution < -0.4 is 20.3 Å². The highest BCUT2D eigenvalue weighted by Gasteiger charge is 2.57. The third-order valence-corrected chi connectivity index (χ3v) is 8.55. The van der Waals surface area contributed by atoms with Gasteiger partial charge in [0, 0.05) is 29.3 Å². The number of hydrogen-bond donors (Lipinski definition) is 3. The van der Waals surface area contributed by atoms with E-state index in [0.717, 1.165) is 0 Å². The lowest BCUT2D eigenvalue weighted by Crippen LogP contribution is -2.77. The van der Waals surface area contributed by atoms with Gasteiger partial charge in [0.2, 0.25) is 11.5 Å². The molecule has 15 heteroatoms. The number of rotatable bonds is 11. The van der Waals surface area contributed by atoms with Crippen molar-refractivity contribution in [3.8, 4) is 0 Å². The molecule has 2 aromatic rings. The monoisotopic (exact) mass is 590 g/mol. The summed E-state index contributed by atoms with van der Waals surface area (Å²) in [7, 11) is 0. The van der Waals surface area contributed by atoms with Crippen LogP contribution in [0.5, 0.6) is 0 Å². The number of nitrogens with zero attached hydrogens (tertiary/aromatic N) is 4. The predicted molar refractivity (Wildman–Crippen MR) is 144 cm³/mol. The Labute approximate surface area is 238 Å². The van der Waals surface area contributed by atoms with Crippen LogP contribution in [0.4, 0.5) is 5.13 Å². The number of β-lactam (4-membered cyclic amide) rings is 1. The molecule has 40 heavy (non-hydrogen) atoms. The number of carbonyl (C=O) groups is 4. The van der Waals surface area contributed by atoms with Crippen molar-refractivity contribution in [1.29, 1.82) is 0 Å². The molecule has 2 amide bonds. The molecule has 2 fully saturated rings. The number of carboxylic acid groups (broad SMARTS) is 2. The van der Waals surface area contributed by atoms with E-state index < -0.39 is 52.7 Å². The van der Waals surface area contributed by atoms with Crippen LogP contribution in [-0.4, -0.2) is 79.3 Å². The minimum Gasteiger partial charge on any atom is -0.548 e. The Morgan fingerprint density at radius 3 is 2.62 bits per heavy atom. The molecule has 2 aromatic heterocycles. The quantitative estimate of drug-likeness (QED) is 0.136. The Balaban J connectivity index is 1.52. The maximum atomic E-state index is 13.4. The predicted octanol–water partition coefficient (Wildman–Crippen LogP) is -0.330. The summed E-state index contributed by atoms with van der Waals surface area (Å²) in [5.41, 5.74) is -1.93. The Morgan fingerprint density at radius 2 is 2.00 bits per heavy atom. The molecular formula is C25H30N6O7S2. The topological polar surface area (TPSA) is 177 Å². The molecule has 214 valence electrons. The third kappa shape index (κ3) is 6.20. The lowest BCUT2D eigenvalue weighted by Gasteiger charge is -2.55. The number of pyridine rings is 1. The van der Waals surface area contributed by atoms with E-state index in [9.17, 15) is 29.4 Å². The van der Waals surface area contributed by atoms with Crippen molar-refractivity contribution in [3.05, 3.63) is 41.7 Å². The Bertz CT molecular complexity index is 1320. The fourth-order valence-electron chi connectivity index (χ4n) is 4.23. The van der Waals surface area contributed by atoms with Gasteiger partial charge in [0.05, 0.1) is 17.9 Å². The summed E-state index contributed by atoms with van der Waals surface area (Å²) >= 11 is 2.59. The fraction of sp³-hybridized carbons (Fsp3) is 0.480.